The van der Waals surface area contributed by atoms with Crippen LogP contribution in [-0.4, -0.2) is 50.6 Å². The Hall–Kier alpha value is -3.00. The molecule has 1 heterocycles. The highest BCUT2D eigenvalue weighted by atomic mass is 32.1. The van der Waals surface area contributed by atoms with Gasteiger partial charge in [-0.25, -0.2) is 4.79 Å². The fourth-order valence-electron chi connectivity index (χ4n) is 3.42. The van der Waals surface area contributed by atoms with Gasteiger partial charge in [0.15, 0.2) is 0 Å². The number of carbonyl (C=O) groups is 2. The van der Waals surface area contributed by atoms with Gasteiger partial charge in [0.25, 0.3) is 0 Å². The quantitative estimate of drug-likeness (QED) is 0.314. The number of benzene rings is 2. The molecule has 2 aromatic carbocycles. The third-order valence-corrected chi connectivity index (χ3v) is 6.15. The second-order valence-electron chi connectivity index (χ2n) is 7.88. The Kier molecular flexibility index (Phi) is 9.18. The van der Waals surface area contributed by atoms with Gasteiger partial charge < -0.3 is 20.3 Å². The molecular weight excluding hydrogens is 434 g/mol. The predicted octanol–water partition coefficient (Wildman–Crippen LogP) is 4.81. The monoisotopic (exact) mass is 465 g/mol. The summed E-state index contributed by atoms with van der Waals surface area (Å²) in [4.78, 5) is 29.0. The van der Waals surface area contributed by atoms with Crippen molar-refractivity contribution in [3.63, 3.8) is 0 Å². The van der Waals surface area contributed by atoms with Crippen LogP contribution in [0.1, 0.15) is 35.3 Å². The minimum Gasteiger partial charge on any atom is -0.462 e. The van der Waals surface area contributed by atoms with E-state index in [1.165, 1.54) is 11.3 Å². The van der Waals surface area contributed by atoms with E-state index in [4.69, 9.17) is 4.74 Å². The van der Waals surface area contributed by atoms with Gasteiger partial charge in [0.05, 0.1) is 12.2 Å². The number of nitrogens with one attached hydrogen (secondary N) is 2. The molecule has 0 radical (unpaired) electrons. The highest BCUT2D eigenvalue weighted by molar-refractivity contribution is 7.20. The number of hydrogen-bond donors (Lipinski definition) is 2. The zero-order valence-corrected chi connectivity index (χ0v) is 20.2. The third-order valence-electron chi connectivity index (χ3n) is 5.05. The van der Waals surface area contributed by atoms with Crippen LogP contribution in [-0.2, 0) is 9.53 Å². The van der Waals surface area contributed by atoms with Gasteiger partial charge in [0.1, 0.15) is 11.0 Å². The molecule has 3 rings (SSSR count). The van der Waals surface area contributed by atoms with E-state index >= 15 is 0 Å². The summed E-state index contributed by atoms with van der Waals surface area (Å²) in [6, 6.07) is 20.7. The Bertz CT molecular complexity index is 1040. The summed E-state index contributed by atoms with van der Waals surface area (Å²) < 4.78 is 5.24. The van der Waals surface area contributed by atoms with Gasteiger partial charge in [-0.1, -0.05) is 60.7 Å². The van der Waals surface area contributed by atoms with E-state index in [1.54, 1.807) is 13.0 Å². The van der Waals surface area contributed by atoms with Crippen molar-refractivity contribution in [2.75, 3.05) is 39.1 Å². The summed E-state index contributed by atoms with van der Waals surface area (Å²) in [6.07, 6.45) is 0.912. The highest BCUT2D eigenvalue weighted by Crippen LogP contribution is 2.36. The third kappa shape index (κ3) is 6.99. The zero-order chi connectivity index (χ0) is 23.6. The molecular formula is C26H31N3O3S. The molecule has 174 valence electrons. The van der Waals surface area contributed by atoms with Gasteiger partial charge in [0, 0.05) is 4.88 Å². The van der Waals surface area contributed by atoms with Gasteiger partial charge in [0.2, 0.25) is 5.91 Å². The maximum Gasteiger partial charge on any atom is 0.341 e. The summed E-state index contributed by atoms with van der Waals surface area (Å²) in [6.45, 7) is 3.65. The molecule has 1 atom stereocenters. The van der Waals surface area contributed by atoms with Gasteiger partial charge in [-0.05, 0) is 57.7 Å². The lowest BCUT2D eigenvalue weighted by molar-refractivity contribution is -0.118. The number of ether oxygens (including phenoxy) is 1. The fraction of sp³-hybridized carbons (Fsp3) is 0.308. The molecule has 1 aromatic heterocycles. The normalized spacial score (nSPS) is 11.9. The number of nitrogens with zero attached hydrogens (tertiary/aromatic N) is 1. The average molecular weight is 466 g/mol. The van der Waals surface area contributed by atoms with E-state index in [0.717, 1.165) is 29.0 Å². The Morgan fingerprint density at radius 2 is 1.70 bits per heavy atom. The molecule has 7 heteroatoms. The van der Waals surface area contributed by atoms with Crippen LogP contribution in [0.4, 0.5) is 5.00 Å². The van der Waals surface area contributed by atoms with Crippen LogP contribution >= 0.6 is 11.3 Å². The van der Waals surface area contributed by atoms with E-state index in [9.17, 15) is 9.59 Å². The lowest BCUT2D eigenvalue weighted by atomic mass is 10.1. The SMILES string of the molecule is CCOC(=O)c1cc(-c2ccccc2)sc1NC(=O)[C@H](NCCCN(C)C)c1ccccc1. The highest BCUT2D eigenvalue weighted by Gasteiger charge is 2.24. The van der Waals surface area contributed by atoms with E-state index in [-0.39, 0.29) is 12.5 Å². The molecule has 0 aliphatic heterocycles. The lowest BCUT2D eigenvalue weighted by Gasteiger charge is -2.19. The first-order valence-corrected chi connectivity index (χ1v) is 11.9. The van der Waals surface area contributed by atoms with Crippen molar-refractivity contribution in [1.82, 2.24) is 10.2 Å². The Labute approximate surface area is 199 Å². The van der Waals surface area contributed by atoms with Crippen molar-refractivity contribution >= 4 is 28.2 Å². The summed E-state index contributed by atoms with van der Waals surface area (Å²) in [7, 11) is 4.05. The number of hydrogen-bond acceptors (Lipinski definition) is 6. The van der Waals surface area contributed by atoms with Crippen molar-refractivity contribution < 1.29 is 14.3 Å². The van der Waals surface area contributed by atoms with Gasteiger partial charge >= 0.3 is 5.97 Å². The van der Waals surface area contributed by atoms with Gasteiger partial charge in [-0.2, -0.15) is 0 Å². The molecule has 0 spiro atoms. The van der Waals surface area contributed by atoms with Crippen molar-refractivity contribution in [3.05, 3.63) is 77.9 Å². The van der Waals surface area contributed by atoms with Crippen LogP contribution in [0.2, 0.25) is 0 Å². The molecule has 3 aromatic rings. The molecule has 0 saturated heterocycles. The molecule has 0 aliphatic carbocycles. The van der Waals surface area contributed by atoms with Gasteiger partial charge in [-0.3, -0.25) is 4.79 Å². The first-order chi connectivity index (χ1) is 16.0. The molecule has 33 heavy (non-hydrogen) atoms. The summed E-state index contributed by atoms with van der Waals surface area (Å²) in [5, 5.41) is 6.86. The smallest absolute Gasteiger partial charge is 0.341 e. The van der Waals surface area contributed by atoms with E-state index in [1.807, 2.05) is 74.8 Å². The summed E-state index contributed by atoms with van der Waals surface area (Å²) in [5.74, 6) is -0.653. The number of rotatable bonds is 11. The molecule has 0 aliphatic rings. The van der Waals surface area contributed by atoms with Crippen LogP contribution in [0.15, 0.2) is 66.7 Å². The Morgan fingerprint density at radius 3 is 2.33 bits per heavy atom. The van der Waals surface area contributed by atoms with Crippen molar-refractivity contribution in [2.24, 2.45) is 0 Å². The summed E-state index contributed by atoms with van der Waals surface area (Å²) >= 11 is 1.37. The molecule has 0 bridgehead atoms. The van der Waals surface area contributed by atoms with E-state index in [0.29, 0.717) is 17.1 Å². The lowest BCUT2D eigenvalue weighted by Crippen LogP contribution is -2.34. The van der Waals surface area contributed by atoms with Gasteiger partial charge in [-0.15, -0.1) is 11.3 Å². The van der Waals surface area contributed by atoms with Crippen molar-refractivity contribution in [2.45, 2.75) is 19.4 Å². The Balaban J connectivity index is 1.85. The number of amides is 1. The summed E-state index contributed by atoms with van der Waals surface area (Å²) in [5.41, 5.74) is 2.22. The van der Waals surface area contributed by atoms with Crippen LogP contribution < -0.4 is 10.6 Å². The van der Waals surface area contributed by atoms with E-state index in [2.05, 4.69) is 15.5 Å². The molecule has 2 N–H and O–H groups in total. The van der Waals surface area contributed by atoms with Crippen LogP contribution in [0.3, 0.4) is 0 Å². The average Bonchev–Trinajstić information content (AvgIpc) is 3.24. The van der Waals surface area contributed by atoms with E-state index < -0.39 is 12.0 Å². The molecule has 6 nitrogen and oxygen atoms in total. The Morgan fingerprint density at radius 1 is 1.03 bits per heavy atom. The maximum absolute atomic E-state index is 13.4. The van der Waals surface area contributed by atoms with Crippen molar-refractivity contribution in [1.29, 1.82) is 0 Å². The minimum atomic E-state index is -0.536. The maximum atomic E-state index is 13.4. The topological polar surface area (TPSA) is 70.7 Å². The largest absolute Gasteiger partial charge is 0.462 e. The number of esters is 1. The minimum absolute atomic E-state index is 0.210. The molecule has 0 unspecified atom stereocenters. The van der Waals surface area contributed by atoms with Crippen LogP contribution in [0, 0.1) is 0 Å². The molecule has 1 amide bonds. The second kappa shape index (κ2) is 12.3. The second-order valence-corrected chi connectivity index (χ2v) is 8.94. The number of thiophene rings is 1. The molecule has 0 fully saturated rings. The molecule has 0 saturated carbocycles. The predicted molar refractivity (Wildman–Crippen MR) is 135 cm³/mol. The zero-order valence-electron chi connectivity index (χ0n) is 19.3. The van der Waals surface area contributed by atoms with Crippen LogP contribution in [0.25, 0.3) is 10.4 Å². The first-order valence-electron chi connectivity index (χ1n) is 11.1. The standard InChI is InChI=1S/C26H31N3O3S/c1-4-32-26(31)21-18-22(19-12-7-5-8-13-19)33-25(21)28-24(30)23(20-14-9-6-10-15-20)27-16-11-17-29(2)3/h5-10,12-15,18,23,27H,4,11,16-17H2,1-3H3,(H,28,30)/t23-/m1/s1. The number of carbonyl (C=O) groups excluding carboxylic acids is 2. The van der Waals surface area contributed by atoms with Crippen molar-refractivity contribution in [3.8, 4) is 10.4 Å². The first kappa shape index (κ1) is 24.6. The fourth-order valence-corrected chi connectivity index (χ4v) is 4.48. The van der Waals surface area contributed by atoms with Crippen LogP contribution in [0.5, 0.6) is 0 Å². The number of anilines is 1.